The average molecular weight is 235 g/mol. The second-order valence-corrected chi connectivity index (χ2v) is 4.00. The van der Waals surface area contributed by atoms with Gasteiger partial charge in [-0.1, -0.05) is 30.4 Å². The second kappa shape index (κ2) is 4.87. The van der Waals surface area contributed by atoms with Gasteiger partial charge >= 0.3 is 0 Å². The van der Waals surface area contributed by atoms with Crippen molar-refractivity contribution in [1.82, 2.24) is 0 Å². The summed E-state index contributed by atoms with van der Waals surface area (Å²) in [6, 6.07) is 4.47. The normalized spacial score (nSPS) is 13.7. The first-order valence-corrected chi connectivity index (χ1v) is 5.13. The molecule has 0 nitrogen and oxygen atoms in total. The molecule has 0 atom stereocenters. The van der Waals surface area contributed by atoms with Crippen LogP contribution in [0.25, 0.3) is 5.57 Å². The van der Waals surface area contributed by atoms with Crippen LogP contribution in [0.1, 0.15) is 28.7 Å². The summed E-state index contributed by atoms with van der Waals surface area (Å²) in [6.07, 6.45) is 7.66. The topological polar surface area (TPSA) is 0 Å². The first-order chi connectivity index (χ1) is 6.70. The number of aryl methyl sites for hydroxylation is 1. The van der Waals surface area contributed by atoms with Gasteiger partial charge in [0.15, 0.2) is 0 Å². The first kappa shape index (κ1) is 12.4. The van der Waals surface area contributed by atoms with Crippen LogP contribution < -0.4 is 0 Å². The second-order valence-electron chi connectivity index (χ2n) is 4.00. The maximum absolute atomic E-state index is 2.25. The van der Waals surface area contributed by atoms with Gasteiger partial charge in [0.25, 0.3) is 0 Å². The molecule has 1 radical (unpaired) electrons. The van der Waals surface area contributed by atoms with Crippen LogP contribution in [0.2, 0.25) is 0 Å². The minimum atomic E-state index is 0. The van der Waals surface area contributed by atoms with Gasteiger partial charge in [-0.3, -0.25) is 0 Å². The van der Waals surface area contributed by atoms with Crippen molar-refractivity contribution in [2.45, 2.75) is 27.2 Å². The smallest absolute Gasteiger partial charge is 0 e. The minimum Gasteiger partial charge on any atom is -0.0801 e. The number of benzene rings is 1. The van der Waals surface area contributed by atoms with E-state index >= 15 is 0 Å². The van der Waals surface area contributed by atoms with E-state index in [0.717, 1.165) is 6.42 Å². The van der Waals surface area contributed by atoms with Crippen LogP contribution in [-0.2, 0) is 18.6 Å². The molecular formula is C14H16V. The fourth-order valence-corrected chi connectivity index (χ4v) is 1.95. The molecule has 1 aromatic carbocycles. The fraction of sp³-hybridized carbons (Fsp3) is 0.286. The van der Waals surface area contributed by atoms with Crippen molar-refractivity contribution in [1.29, 1.82) is 0 Å². The van der Waals surface area contributed by atoms with E-state index in [1.54, 1.807) is 0 Å². The molecule has 1 aliphatic rings. The summed E-state index contributed by atoms with van der Waals surface area (Å²) in [5, 5.41) is 0. The van der Waals surface area contributed by atoms with E-state index in [9.17, 15) is 0 Å². The Labute approximate surface area is 104 Å². The van der Waals surface area contributed by atoms with Crippen LogP contribution in [-0.4, -0.2) is 0 Å². The summed E-state index contributed by atoms with van der Waals surface area (Å²) in [5.74, 6) is 0. The molecule has 15 heavy (non-hydrogen) atoms. The van der Waals surface area contributed by atoms with Crippen LogP contribution in [0.15, 0.2) is 30.4 Å². The van der Waals surface area contributed by atoms with Gasteiger partial charge in [0, 0.05) is 18.6 Å². The Morgan fingerprint density at radius 2 is 1.73 bits per heavy atom. The Balaban J connectivity index is 0.00000112. The zero-order valence-corrected chi connectivity index (χ0v) is 10.9. The fourth-order valence-electron chi connectivity index (χ4n) is 1.95. The van der Waals surface area contributed by atoms with E-state index < -0.39 is 0 Å². The molecule has 0 unspecified atom stereocenters. The van der Waals surface area contributed by atoms with Crippen LogP contribution in [0.4, 0.5) is 0 Å². The average Bonchev–Trinajstić information content (AvgIpc) is 2.67. The third kappa shape index (κ3) is 2.27. The number of allylic oxidation sites excluding steroid dienone is 4. The summed E-state index contributed by atoms with van der Waals surface area (Å²) >= 11 is 0. The van der Waals surface area contributed by atoms with Crippen molar-refractivity contribution < 1.29 is 18.6 Å². The number of hydrogen-bond acceptors (Lipinski definition) is 0. The molecule has 0 aliphatic heterocycles. The largest absolute Gasteiger partial charge is 0.0801 e. The molecular weight excluding hydrogens is 219 g/mol. The van der Waals surface area contributed by atoms with Gasteiger partial charge in [-0.25, -0.2) is 0 Å². The van der Waals surface area contributed by atoms with E-state index in [-0.39, 0.29) is 18.6 Å². The zero-order chi connectivity index (χ0) is 10.1. The Morgan fingerprint density at radius 1 is 1.00 bits per heavy atom. The Morgan fingerprint density at radius 3 is 2.33 bits per heavy atom. The van der Waals surface area contributed by atoms with Gasteiger partial charge in [0.1, 0.15) is 0 Å². The summed E-state index contributed by atoms with van der Waals surface area (Å²) in [6.45, 7) is 6.60. The van der Waals surface area contributed by atoms with Gasteiger partial charge in [-0.05, 0) is 55.0 Å². The van der Waals surface area contributed by atoms with Gasteiger partial charge in [0.05, 0.1) is 0 Å². The summed E-state index contributed by atoms with van der Waals surface area (Å²) in [7, 11) is 0. The quantitative estimate of drug-likeness (QED) is 0.691. The molecule has 0 fully saturated rings. The van der Waals surface area contributed by atoms with E-state index in [2.05, 4.69) is 51.1 Å². The van der Waals surface area contributed by atoms with E-state index in [1.807, 2.05) is 0 Å². The van der Waals surface area contributed by atoms with Crippen molar-refractivity contribution in [2.24, 2.45) is 0 Å². The molecule has 1 heteroatoms. The van der Waals surface area contributed by atoms with Crippen molar-refractivity contribution >= 4 is 5.57 Å². The van der Waals surface area contributed by atoms with Crippen molar-refractivity contribution in [3.8, 4) is 0 Å². The molecule has 0 saturated carbocycles. The minimum absolute atomic E-state index is 0. The van der Waals surface area contributed by atoms with Crippen molar-refractivity contribution in [3.63, 3.8) is 0 Å². The summed E-state index contributed by atoms with van der Waals surface area (Å²) in [5.41, 5.74) is 7.11. The maximum Gasteiger partial charge on any atom is 0 e. The predicted octanol–water partition coefficient (Wildman–Crippen LogP) is 3.95. The van der Waals surface area contributed by atoms with Crippen molar-refractivity contribution in [2.75, 3.05) is 0 Å². The van der Waals surface area contributed by atoms with Crippen LogP contribution in [0.5, 0.6) is 0 Å². The number of hydrogen-bond donors (Lipinski definition) is 0. The molecule has 2 rings (SSSR count). The van der Waals surface area contributed by atoms with Crippen LogP contribution in [0, 0.1) is 20.8 Å². The molecule has 0 aromatic heterocycles. The predicted molar refractivity (Wildman–Crippen MR) is 62.4 cm³/mol. The Hall–Kier alpha value is -0.716. The molecule has 0 heterocycles. The zero-order valence-electron chi connectivity index (χ0n) is 9.54. The molecule has 0 N–H and O–H groups in total. The van der Waals surface area contributed by atoms with Gasteiger partial charge in [-0.15, -0.1) is 0 Å². The summed E-state index contributed by atoms with van der Waals surface area (Å²) < 4.78 is 0. The number of rotatable bonds is 1. The molecule has 77 valence electrons. The van der Waals surface area contributed by atoms with Gasteiger partial charge in [0.2, 0.25) is 0 Å². The summed E-state index contributed by atoms with van der Waals surface area (Å²) in [4.78, 5) is 0. The Bertz CT molecular complexity index is 425. The molecule has 1 aliphatic carbocycles. The molecule has 0 spiro atoms. The SMILES string of the molecule is Cc1ccc(C2=CC=CC2)c(C)c1C.[V]. The van der Waals surface area contributed by atoms with E-state index in [1.165, 1.54) is 27.8 Å². The molecule has 0 bridgehead atoms. The van der Waals surface area contributed by atoms with Gasteiger partial charge in [-0.2, -0.15) is 0 Å². The van der Waals surface area contributed by atoms with Crippen molar-refractivity contribution in [3.05, 3.63) is 52.6 Å². The maximum atomic E-state index is 2.25. The van der Waals surface area contributed by atoms with E-state index in [4.69, 9.17) is 0 Å². The molecule has 0 amide bonds. The van der Waals surface area contributed by atoms with Crippen LogP contribution >= 0.6 is 0 Å². The first-order valence-electron chi connectivity index (χ1n) is 5.13. The standard InChI is InChI=1S/C14H16.V/c1-10-8-9-14(12(3)11(10)2)13-6-4-5-7-13;/h4-6,8-9H,7H2,1-3H3;. The monoisotopic (exact) mass is 235 g/mol. The van der Waals surface area contributed by atoms with E-state index in [0.29, 0.717) is 0 Å². The molecule has 1 aromatic rings. The third-order valence-corrected chi connectivity index (χ3v) is 3.18. The third-order valence-electron chi connectivity index (χ3n) is 3.18. The molecule has 0 saturated heterocycles. The van der Waals surface area contributed by atoms with Crippen LogP contribution in [0.3, 0.4) is 0 Å². The van der Waals surface area contributed by atoms with Gasteiger partial charge < -0.3 is 0 Å². The Kier molecular flexibility index (Phi) is 4.01.